The number of hydrogen-bond acceptors (Lipinski definition) is 5. The highest BCUT2D eigenvalue weighted by Crippen LogP contribution is 2.41. The van der Waals surface area contributed by atoms with Gasteiger partial charge in [-0.05, 0) is 49.4 Å². The van der Waals surface area contributed by atoms with Crippen LogP contribution in [-0.2, 0) is 9.59 Å². The number of amides is 4. The van der Waals surface area contributed by atoms with E-state index in [0.29, 0.717) is 42.4 Å². The summed E-state index contributed by atoms with van der Waals surface area (Å²) >= 11 is 0. The molecule has 3 aliphatic rings. The molecule has 42 heavy (non-hydrogen) atoms. The zero-order valence-electron chi connectivity index (χ0n) is 23.9. The smallest absolute Gasteiger partial charge is 0.322 e. The van der Waals surface area contributed by atoms with E-state index in [-0.39, 0.29) is 24.4 Å². The van der Waals surface area contributed by atoms with Crippen LogP contribution in [0.1, 0.15) is 30.1 Å². The molecule has 0 unspecified atom stereocenters. The van der Waals surface area contributed by atoms with Crippen LogP contribution in [0, 0.1) is 0 Å². The number of piperazine rings is 1. The van der Waals surface area contributed by atoms with Crippen molar-refractivity contribution >= 4 is 17.8 Å². The van der Waals surface area contributed by atoms with Crippen molar-refractivity contribution in [3.8, 4) is 11.5 Å². The number of nitrogens with one attached hydrogen (secondary N) is 1. The zero-order valence-corrected chi connectivity index (χ0v) is 23.9. The fourth-order valence-electron chi connectivity index (χ4n) is 5.98. The summed E-state index contributed by atoms with van der Waals surface area (Å²) in [5.41, 5.74) is 2.61. The Balaban J connectivity index is 1.35. The molecule has 1 fully saturated rings. The number of benzene rings is 3. The van der Waals surface area contributed by atoms with Crippen LogP contribution < -0.4 is 10.1 Å². The van der Waals surface area contributed by atoms with E-state index in [4.69, 9.17) is 4.74 Å². The molecular formula is C33H35N5O4. The maximum absolute atomic E-state index is 14.4. The van der Waals surface area contributed by atoms with Crippen molar-refractivity contribution in [2.24, 2.45) is 0 Å². The maximum atomic E-state index is 14.4. The fraction of sp³-hybridized carbons (Fsp3) is 0.303. The molecule has 0 bridgehead atoms. The van der Waals surface area contributed by atoms with Crippen LogP contribution in [0.5, 0.6) is 11.5 Å². The third-order valence-electron chi connectivity index (χ3n) is 8.21. The highest BCUT2D eigenvalue weighted by molar-refractivity contribution is 6.04. The minimum Gasteiger partial charge on any atom is -0.457 e. The second kappa shape index (κ2) is 11.7. The lowest BCUT2D eigenvalue weighted by Crippen LogP contribution is -2.51. The monoisotopic (exact) mass is 565 g/mol. The second-order valence-corrected chi connectivity index (χ2v) is 10.8. The lowest BCUT2D eigenvalue weighted by molar-refractivity contribution is -0.144. The van der Waals surface area contributed by atoms with Crippen LogP contribution in [0.2, 0.25) is 0 Å². The van der Waals surface area contributed by atoms with Crippen LogP contribution in [-0.4, -0.2) is 83.8 Å². The molecular weight excluding hydrogens is 530 g/mol. The lowest BCUT2D eigenvalue weighted by Gasteiger charge is -2.37. The molecule has 3 aromatic rings. The Labute approximate surface area is 245 Å². The van der Waals surface area contributed by atoms with Gasteiger partial charge in [-0.1, -0.05) is 60.7 Å². The van der Waals surface area contributed by atoms with Crippen LogP contribution >= 0.6 is 0 Å². The molecule has 3 aromatic carbocycles. The number of carbonyl (C=O) groups is 3. The van der Waals surface area contributed by atoms with Gasteiger partial charge in [-0.2, -0.15) is 0 Å². The average Bonchev–Trinajstić information content (AvgIpc) is 3.34. The number of urea groups is 1. The fourth-order valence-corrected chi connectivity index (χ4v) is 5.98. The molecule has 3 aliphatic heterocycles. The molecule has 9 nitrogen and oxygen atoms in total. The van der Waals surface area contributed by atoms with Crippen LogP contribution in [0.25, 0.3) is 0 Å². The molecule has 3 heterocycles. The van der Waals surface area contributed by atoms with E-state index in [1.807, 2.05) is 104 Å². The van der Waals surface area contributed by atoms with E-state index in [1.165, 1.54) is 0 Å². The summed E-state index contributed by atoms with van der Waals surface area (Å²) in [6.45, 7) is 5.22. The Hall–Kier alpha value is -4.63. The van der Waals surface area contributed by atoms with Gasteiger partial charge in [0.15, 0.2) is 0 Å². The standard InChI is InChI=1S/C33H35N5O4/c1-3-37-27-22-38(30(23-11-6-4-7-12-23)32(40)36-19-17-35(2)18-20-36)31(39)28(27)29(34-33(37)41)24-13-10-16-26(21-24)42-25-14-8-5-9-15-25/h4-16,21,29-30H,3,17-20,22H2,1-2H3,(H,34,41)/t29-,30+/m1/s1. The Morgan fingerprint density at radius 2 is 1.57 bits per heavy atom. The van der Waals surface area contributed by atoms with Gasteiger partial charge in [0.2, 0.25) is 5.91 Å². The highest BCUT2D eigenvalue weighted by atomic mass is 16.5. The number of carbonyl (C=O) groups excluding carboxylic acids is 3. The first kappa shape index (κ1) is 27.5. The zero-order chi connectivity index (χ0) is 29.2. The summed E-state index contributed by atoms with van der Waals surface area (Å²) in [6.07, 6.45) is 0. The van der Waals surface area contributed by atoms with Crippen LogP contribution in [0.15, 0.2) is 96.2 Å². The van der Waals surface area contributed by atoms with Crippen molar-refractivity contribution in [1.82, 2.24) is 24.9 Å². The Bertz CT molecular complexity index is 1500. The van der Waals surface area contributed by atoms with E-state index < -0.39 is 12.1 Å². The highest BCUT2D eigenvalue weighted by Gasteiger charge is 2.48. The predicted octanol–water partition coefficient (Wildman–Crippen LogP) is 4.18. The largest absolute Gasteiger partial charge is 0.457 e. The summed E-state index contributed by atoms with van der Waals surface area (Å²) in [6, 6.07) is 24.6. The molecule has 0 spiro atoms. The summed E-state index contributed by atoms with van der Waals surface area (Å²) in [5.74, 6) is 0.942. The van der Waals surface area contributed by atoms with E-state index in [0.717, 1.165) is 24.2 Å². The first-order valence-corrected chi connectivity index (χ1v) is 14.4. The number of para-hydroxylation sites is 1. The van der Waals surface area contributed by atoms with Gasteiger partial charge in [-0.3, -0.25) is 14.5 Å². The molecule has 1 saturated heterocycles. The summed E-state index contributed by atoms with van der Waals surface area (Å²) in [7, 11) is 2.04. The molecule has 0 radical (unpaired) electrons. The molecule has 0 aromatic heterocycles. The van der Waals surface area contributed by atoms with Gasteiger partial charge in [0, 0.05) is 32.7 Å². The quantitative estimate of drug-likeness (QED) is 0.465. The minimum atomic E-state index is -0.796. The van der Waals surface area contributed by atoms with Crippen molar-refractivity contribution in [2.75, 3.05) is 46.3 Å². The number of likely N-dealkylation sites (N-methyl/N-ethyl adjacent to an activating group) is 2. The van der Waals surface area contributed by atoms with Crippen molar-refractivity contribution < 1.29 is 19.1 Å². The van der Waals surface area contributed by atoms with Crippen LogP contribution in [0.4, 0.5) is 4.79 Å². The first-order valence-electron chi connectivity index (χ1n) is 14.4. The number of nitrogens with zero attached hydrogens (tertiary/aromatic N) is 4. The van der Waals surface area contributed by atoms with Crippen molar-refractivity contribution in [1.29, 1.82) is 0 Å². The van der Waals surface area contributed by atoms with E-state index in [2.05, 4.69) is 10.2 Å². The van der Waals surface area contributed by atoms with Gasteiger partial charge in [-0.25, -0.2) is 4.79 Å². The Kier molecular flexibility index (Phi) is 7.67. The third-order valence-corrected chi connectivity index (χ3v) is 8.21. The molecule has 0 saturated carbocycles. The first-order chi connectivity index (χ1) is 20.4. The lowest BCUT2D eigenvalue weighted by atomic mass is 9.95. The normalized spacial score (nSPS) is 20.0. The third kappa shape index (κ3) is 5.23. The maximum Gasteiger partial charge on any atom is 0.322 e. The second-order valence-electron chi connectivity index (χ2n) is 10.8. The number of ether oxygens (including phenoxy) is 1. The molecule has 9 heteroatoms. The Morgan fingerprint density at radius 1 is 0.905 bits per heavy atom. The summed E-state index contributed by atoms with van der Waals surface area (Å²) < 4.78 is 6.05. The van der Waals surface area contributed by atoms with Crippen molar-refractivity contribution in [3.05, 3.63) is 107 Å². The predicted molar refractivity (Wildman–Crippen MR) is 159 cm³/mol. The number of rotatable bonds is 7. The SMILES string of the molecule is CCN1C(=O)N[C@H](c2cccc(Oc3ccccc3)c2)C2=C1CN([C@H](C(=O)N1CCN(C)CC1)c1ccccc1)C2=O. The topological polar surface area (TPSA) is 85.4 Å². The molecule has 216 valence electrons. The summed E-state index contributed by atoms with van der Waals surface area (Å²) in [4.78, 5) is 49.1. The van der Waals surface area contributed by atoms with Gasteiger partial charge in [0.05, 0.1) is 23.9 Å². The summed E-state index contributed by atoms with van der Waals surface area (Å²) in [5, 5.41) is 3.05. The molecule has 2 atom stereocenters. The van der Waals surface area contributed by atoms with E-state index in [9.17, 15) is 14.4 Å². The molecule has 4 amide bonds. The number of hydrogen-bond donors (Lipinski definition) is 1. The van der Waals surface area contributed by atoms with Crippen LogP contribution in [0.3, 0.4) is 0 Å². The Morgan fingerprint density at radius 3 is 2.26 bits per heavy atom. The van der Waals surface area contributed by atoms with E-state index in [1.54, 1.807) is 9.80 Å². The average molecular weight is 566 g/mol. The molecule has 0 aliphatic carbocycles. The molecule has 1 N–H and O–H groups in total. The van der Waals surface area contributed by atoms with Crippen molar-refractivity contribution in [3.63, 3.8) is 0 Å². The minimum absolute atomic E-state index is 0.0976. The van der Waals surface area contributed by atoms with Gasteiger partial charge in [0.25, 0.3) is 5.91 Å². The van der Waals surface area contributed by atoms with Crippen molar-refractivity contribution in [2.45, 2.75) is 19.0 Å². The van der Waals surface area contributed by atoms with Gasteiger partial charge < -0.3 is 24.8 Å². The molecule has 6 rings (SSSR count). The van der Waals surface area contributed by atoms with Gasteiger partial charge >= 0.3 is 6.03 Å². The van der Waals surface area contributed by atoms with Gasteiger partial charge in [-0.15, -0.1) is 0 Å². The van der Waals surface area contributed by atoms with E-state index >= 15 is 0 Å². The van der Waals surface area contributed by atoms with Gasteiger partial charge in [0.1, 0.15) is 17.5 Å².